The normalized spacial score (nSPS) is 10.1. The van der Waals surface area contributed by atoms with Gasteiger partial charge in [-0.15, -0.1) is 5.10 Å². The molecule has 8 nitrogen and oxygen atoms in total. The maximum Gasteiger partial charge on any atom is 0.278 e. The predicted molar refractivity (Wildman–Crippen MR) is 60.1 cm³/mol. The molecule has 0 unspecified atom stereocenters. The number of fused-ring (bicyclic) bond motifs is 1. The first-order valence-electron chi connectivity index (χ1n) is 4.56. The highest BCUT2D eigenvalue weighted by atomic mass is 16.1. The first kappa shape index (κ1) is 10.9. The third kappa shape index (κ3) is 1.66. The maximum atomic E-state index is 12.0. The van der Waals surface area contributed by atoms with Gasteiger partial charge in [0.1, 0.15) is 6.33 Å². The predicted octanol–water partition coefficient (Wildman–Crippen LogP) is 0.0608. The van der Waals surface area contributed by atoms with E-state index in [-0.39, 0.29) is 17.7 Å². The number of nitrogens with zero attached hydrogens (tertiary/aromatic N) is 5. The number of benzene rings is 1. The molecule has 0 fully saturated rings. The molecule has 2 heterocycles. The zero-order valence-electron chi connectivity index (χ0n) is 8.74. The highest BCUT2D eigenvalue weighted by Crippen LogP contribution is 2.05. The van der Waals surface area contributed by atoms with E-state index in [0.717, 1.165) is 0 Å². The van der Waals surface area contributed by atoms with Crippen LogP contribution in [0.5, 0.6) is 0 Å². The van der Waals surface area contributed by atoms with Gasteiger partial charge in [-0.1, -0.05) is 17.2 Å². The molecule has 3 rings (SSSR count). The van der Waals surface area contributed by atoms with Crippen LogP contribution in [-0.4, -0.2) is 30.2 Å². The second-order valence-electron chi connectivity index (χ2n) is 3.15. The molecule has 0 bridgehead atoms. The third-order valence-corrected chi connectivity index (χ3v) is 2.22. The molecule has 0 aliphatic carbocycles. The lowest BCUT2D eigenvalue weighted by Gasteiger charge is -2.00. The maximum absolute atomic E-state index is 12.0. The van der Waals surface area contributed by atoms with E-state index >= 15 is 0 Å². The molecule has 0 amide bonds. The molecular formula is C9H9N7O. The van der Waals surface area contributed by atoms with Gasteiger partial charge in [0.2, 0.25) is 0 Å². The summed E-state index contributed by atoms with van der Waals surface area (Å²) in [6.45, 7) is 0. The summed E-state index contributed by atoms with van der Waals surface area (Å²) >= 11 is 0. The fourth-order valence-corrected chi connectivity index (χ4v) is 1.47. The SMILES string of the molecule is N.O=c1c2ccccc2ncn1-c1nn[nH]n1. The van der Waals surface area contributed by atoms with Crippen LogP contribution in [0.15, 0.2) is 35.4 Å². The molecule has 1 aromatic carbocycles. The molecule has 4 N–H and O–H groups in total. The van der Waals surface area contributed by atoms with E-state index in [4.69, 9.17) is 0 Å². The van der Waals surface area contributed by atoms with Gasteiger partial charge in [0.15, 0.2) is 0 Å². The number of rotatable bonds is 1. The molecule has 3 aromatic rings. The highest BCUT2D eigenvalue weighted by molar-refractivity contribution is 5.77. The minimum Gasteiger partial charge on any atom is -0.344 e. The number of hydrogen-bond acceptors (Lipinski definition) is 6. The van der Waals surface area contributed by atoms with Crippen LogP contribution in [0.3, 0.4) is 0 Å². The molecule has 2 aromatic heterocycles. The Morgan fingerprint density at radius 1 is 1.24 bits per heavy atom. The molecule has 0 spiro atoms. The van der Waals surface area contributed by atoms with Crippen LogP contribution in [0, 0.1) is 0 Å². The van der Waals surface area contributed by atoms with Gasteiger partial charge in [-0.25, -0.2) is 9.55 Å². The summed E-state index contributed by atoms with van der Waals surface area (Å²) in [7, 11) is 0. The first-order chi connectivity index (χ1) is 7.86. The lowest BCUT2D eigenvalue weighted by Crippen LogP contribution is -2.19. The standard InChI is InChI=1S/C9H6N6O.H3N/c16-8-6-3-1-2-4-7(6)10-5-15(8)9-11-13-14-12-9;/h1-5H,(H,11,12,13,14);1H3. The minimum atomic E-state index is -0.216. The average Bonchev–Trinajstić information content (AvgIpc) is 2.83. The lowest BCUT2D eigenvalue weighted by atomic mass is 10.2. The average molecular weight is 231 g/mol. The molecule has 0 radical (unpaired) electrons. The Labute approximate surface area is 94.9 Å². The molecule has 17 heavy (non-hydrogen) atoms. The Morgan fingerprint density at radius 2 is 2.06 bits per heavy atom. The topological polar surface area (TPSA) is 124 Å². The van der Waals surface area contributed by atoms with Gasteiger partial charge in [0.05, 0.1) is 10.9 Å². The summed E-state index contributed by atoms with van der Waals surface area (Å²) in [6, 6.07) is 7.10. The fourth-order valence-electron chi connectivity index (χ4n) is 1.47. The molecule has 8 heteroatoms. The zero-order valence-corrected chi connectivity index (χ0v) is 8.74. The van der Waals surface area contributed by atoms with Crippen molar-refractivity contribution in [1.29, 1.82) is 0 Å². The van der Waals surface area contributed by atoms with Crippen molar-refractivity contribution in [3.05, 3.63) is 40.9 Å². The second kappa shape index (κ2) is 4.10. The molecular weight excluding hydrogens is 222 g/mol. The van der Waals surface area contributed by atoms with Crippen LogP contribution in [0.1, 0.15) is 0 Å². The highest BCUT2D eigenvalue weighted by Gasteiger charge is 2.07. The Kier molecular flexibility index (Phi) is 2.63. The van der Waals surface area contributed by atoms with Crippen LogP contribution < -0.4 is 11.7 Å². The van der Waals surface area contributed by atoms with Crippen molar-refractivity contribution in [3.8, 4) is 5.95 Å². The van der Waals surface area contributed by atoms with Crippen molar-refractivity contribution < 1.29 is 0 Å². The van der Waals surface area contributed by atoms with Crippen molar-refractivity contribution in [3.63, 3.8) is 0 Å². The Balaban J connectivity index is 0.00000108. The van der Waals surface area contributed by atoms with Crippen LogP contribution in [0.2, 0.25) is 0 Å². The summed E-state index contributed by atoms with van der Waals surface area (Å²) < 4.78 is 1.24. The van der Waals surface area contributed by atoms with E-state index in [1.54, 1.807) is 18.2 Å². The van der Waals surface area contributed by atoms with Gasteiger partial charge in [-0.2, -0.15) is 5.21 Å². The van der Waals surface area contributed by atoms with Crippen LogP contribution in [0.4, 0.5) is 0 Å². The zero-order chi connectivity index (χ0) is 11.0. The Bertz CT molecular complexity index is 688. The number of aromatic nitrogens is 6. The molecule has 0 aliphatic heterocycles. The van der Waals surface area contributed by atoms with E-state index < -0.39 is 0 Å². The number of nitrogens with one attached hydrogen (secondary N) is 1. The number of H-pyrrole nitrogens is 1. The minimum absolute atomic E-state index is 0. The van der Waals surface area contributed by atoms with Crippen molar-refractivity contribution >= 4 is 10.9 Å². The van der Waals surface area contributed by atoms with Crippen LogP contribution in [-0.2, 0) is 0 Å². The van der Waals surface area contributed by atoms with Gasteiger partial charge in [0.25, 0.3) is 11.5 Å². The van der Waals surface area contributed by atoms with Crippen LogP contribution in [0.25, 0.3) is 16.9 Å². The fraction of sp³-hybridized carbons (Fsp3) is 0. The lowest BCUT2D eigenvalue weighted by molar-refractivity contribution is 0.877. The number of hydrogen-bond donors (Lipinski definition) is 2. The second-order valence-corrected chi connectivity index (χ2v) is 3.15. The smallest absolute Gasteiger partial charge is 0.278 e. The molecule has 0 saturated heterocycles. The Hall–Kier alpha value is -2.61. The van der Waals surface area contributed by atoms with Gasteiger partial charge in [0, 0.05) is 0 Å². The summed E-state index contributed by atoms with van der Waals surface area (Å²) in [6.07, 6.45) is 1.38. The van der Waals surface area contributed by atoms with Crippen molar-refractivity contribution in [2.24, 2.45) is 0 Å². The Morgan fingerprint density at radius 3 is 2.82 bits per heavy atom. The number of aromatic amines is 1. The molecule has 0 aliphatic rings. The van der Waals surface area contributed by atoms with E-state index in [0.29, 0.717) is 10.9 Å². The summed E-state index contributed by atoms with van der Waals surface area (Å²) in [4.78, 5) is 16.2. The number of para-hydroxylation sites is 1. The van der Waals surface area contributed by atoms with Gasteiger partial charge in [-0.05, 0) is 17.3 Å². The summed E-state index contributed by atoms with van der Waals surface area (Å²) in [5.41, 5.74) is 0.430. The van der Waals surface area contributed by atoms with Crippen LogP contribution >= 0.6 is 0 Å². The molecule has 0 atom stereocenters. The third-order valence-electron chi connectivity index (χ3n) is 2.22. The van der Waals surface area contributed by atoms with Crippen molar-refractivity contribution in [2.75, 3.05) is 0 Å². The van der Waals surface area contributed by atoms with Crippen molar-refractivity contribution in [2.45, 2.75) is 0 Å². The van der Waals surface area contributed by atoms with Crippen molar-refractivity contribution in [1.82, 2.24) is 36.3 Å². The monoisotopic (exact) mass is 231 g/mol. The van der Waals surface area contributed by atoms with Gasteiger partial charge in [-0.3, -0.25) is 4.79 Å². The molecule has 86 valence electrons. The van der Waals surface area contributed by atoms with Gasteiger partial charge >= 0.3 is 0 Å². The van der Waals surface area contributed by atoms with Gasteiger partial charge < -0.3 is 6.15 Å². The van der Waals surface area contributed by atoms with E-state index in [1.165, 1.54) is 10.9 Å². The quantitative estimate of drug-likeness (QED) is 0.610. The van der Waals surface area contributed by atoms with E-state index in [1.807, 2.05) is 6.07 Å². The number of tetrazole rings is 1. The molecule has 0 saturated carbocycles. The van der Waals surface area contributed by atoms with E-state index in [9.17, 15) is 4.79 Å². The summed E-state index contributed by atoms with van der Waals surface area (Å²) in [5, 5.41) is 13.7. The first-order valence-corrected chi connectivity index (χ1v) is 4.56. The summed E-state index contributed by atoms with van der Waals surface area (Å²) in [5.74, 6) is 0.184. The van der Waals surface area contributed by atoms with E-state index in [2.05, 4.69) is 25.6 Å². The largest absolute Gasteiger partial charge is 0.344 e.